The molecule has 0 amide bonds. The maximum Gasteiger partial charge on any atom is 0.228 e. The zero-order valence-corrected chi connectivity index (χ0v) is 9.53. The van der Waals surface area contributed by atoms with E-state index in [0.717, 1.165) is 12.1 Å². The number of rotatable bonds is 4. The van der Waals surface area contributed by atoms with E-state index in [0.29, 0.717) is 0 Å². The van der Waals surface area contributed by atoms with Crippen LogP contribution in [-0.4, -0.2) is 21.8 Å². The maximum atomic E-state index is 13.1. The van der Waals surface area contributed by atoms with Crippen molar-refractivity contribution in [2.24, 2.45) is 5.92 Å². The van der Waals surface area contributed by atoms with Crippen molar-refractivity contribution in [3.63, 3.8) is 0 Å². The molecule has 0 aliphatic heterocycles. The number of carbonyl (C=O) groups is 2. The smallest absolute Gasteiger partial charge is 0.228 e. The summed E-state index contributed by atoms with van der Waals surface area (Å²) in [6.45, 7) is 3.56. The summed E-state index contributed by atoms with van der Waals surface area (Å²) in [7, 11) is 0. The van der Waals surface area contributed by atoms with Crippen LogP contribution in [0.25, 0.3) is 0 Å². The van der Waals surface area contributed by atoms with Crippen LogP contribution in [0.5, 0.6) is 11.5 Å². The molecule has 0 aliphatic carbocycles. The second kappa shape index (κ2) is 4.95. The molecule has 0 radical (unpaired) electrons. The van der Waals surface area contributed by atoms with Crippen LogP contribution >= 0.6 is 0 Å². The molecule has 4 nitrogen and oxygen atoms in total. The number of hydrogen-bond acceptors (Lipinski definition) is 4. The normalized spacial score (nSPS) is 10.6. The predicted octanol–water partition coefficient (Wildman–Crippen LogP) is 2.03. The molecule has 92 valence electrons. The van der Waals surface area contributed by atoms with Crippen LogP contribution in [0.2, 0.25) is 0 Å². The maximum absolute atomic E-state index is 13.1. The Morgan fingerprint density at radius 2 is 1.88 bits per heavy atom. The lowest BCUT2D eigenvalue weighted by molar-refractivity contribution is -0.115. The van der Waals surface area contributed by atoms with Crippen LogP contribution in [0.3, 0.4) is 0 Å². The van der Waals surface area contributed by atoms with Gasteiger partial charge in [0.25, 0.3) is 0 Å². The number of benzene rings is 1. The van der Waals surface area contributed by atoms with Gasteiger partial charge in [-0.25, -0.2) is 4.39 Å². The second-order valence-corrected chi connectivity index (χ2v) is 4.18. The molecule has 2 N–H and O–H groups in total. The van der Waals surface area contributed by atoms with Crippen molar-refractivity contribution in [2.45, 2.75) is 20.3 Å². The minimum Gasteiger partial charge on any atom is -0.504 e. The van der Waals surface area contributed by atoms with E-state index in [2.05, 4.69) is 0 Å². The van der Waals surface area contributed by atoms with Crippen LogP contribution in [-0.2, 0) is 4.79 Å². The number of aromatic hydroxyl groups is 2. The van der Waals surface area contributed by atoms with Crippen LogP contribution < -0.4 is 0 Å². The number of carbonyl (C=O) groups excluding carboxylic acids is 2. The average molecular weight is 240 g/mol. The summed E-state index contributed by atoms with van der Waals surface area (Å²) in [6.07, 6.45) is 0.0576. The highest BCUT2D eigenvalue weighted by molar-refractivity contribution is 6.43. The number of halogens is 1. The third-order valence-electron chi connectivity index (χ3n) is 2.15. The highest BCUT2D eigenvalue weighted by atomic mass is 19.1. The summed E-state index contributed by atoms with van der Waals surface area (Å²) in [4.78, 5) is 23.0. The Morgan fingerprint density at radius 1 is 1.29 bits per heavy atom. The van der Waals surface area contributed by atoms with Gasteiger partial charge < -0.3 is 10.2 Å². The van der Waals surface area contributed by atoms with Gasteiger partial charge in [-0.05, 0) is 18.1 Å². The first kappa shape index (κ1) is 13.2. The molecule has 17 heavy (non-hydrogen) atoms. The Hall–Kier alpha value is -1.91. The number of phenols is 2. The summed E-state index contributed by atoms with van der Waals surface area (Å²) in [5.41, 5.74) is -0.261. The molecule has 0 saturated heterocycles. The van der Waals surface area contributed by atoms with Crippen molar-refractivity contribution >= 4 is 11.6 Å². The fraction of sp³-hybridized carbons (Fsp3) is 0.333. The molecule has 0 aliphatic rings. The minimum atomic E-state index is -1.13. The molecule has 1 aromatic rings. The molecule has 0 saturated carbocycles. The van der Waals surface area contributed by atoms with Crippen molar-refractivity contribution in [3.8, 4) is 11.5 Å². The topological polar surface area (TPSA) is 74.6 Å². The van der Waals surface area contributed by atoms with E-state index in [1.54, 1.807) is 13.8 Å². The van der Waals surface area contributed by atoms with Gasteiger partial charge in [0.2, 0.25) is 11.6 Å². The number of ketones is 2. The van der Waals surface area contributed by atoms with E-state index in [1.807, 2.05) is 0 Å². The van der Waals surface area contributed by atoms with E-state index in [4.69, 9.17) is 10.2 Å². The molecule has 0 bridgehead atoms. The van der Waals surface area contributed by atoms with Crippen LogP contribution in [0, 0.1) is 11.7 Å². The summed E-state index contributed by atoms with van der Waals surface area (Å²) in [6, 6.07) is 1.61. The minimum absolute atomic E-state index is 0.0157. The van der Waals surface area contributed by atoms with Gasteiger partial charge in [-0.1, -0.05) is 13.8 Å². The summed E-state index contributed by atoms with van der Waals surface area (Å²) >= 11 is 0. The van der Waals surface area contributed by atoms with Gasteiger partial charge in [0.1, 0.15) is 0 Å². The highest BCUT2D eigenvalue weighted by Gasteiger charge is 2.20. The molecule has 5 heteroatoms. The summed E-state index contributed by atoms with van der Waals surface area (Å²) < 4.78 is 13.1. The Balaban J connectivity index is 3.01. The lowest BCUT2D eigenvalue weighted by atomic mass is 9.99. The van der Waals surface area contributed by atoms with Crippen molar-refractivity contribution in [1.29, 1.82) is 0 Å². The molecule has 0 atom stereocenters. The first-order chi connectivity index (χ1) is 7.82. The van der Waals surface area contributed by atoms with Crippen molar-refractivity contribution < 1.29 is 24.2 Å². The Bertz CT molecular complexity index is 443. The first-order valence-corrected chi connectivity index (χ1v) is 5.12. The molecule has 1 aromatic carbocycles. The zero-order valence-electron chi connectivity index (χ0n) is 9.53. The van der Waals surface area contributed by atoms with E-state index < -0.39 is 28.9 Å². The zero-order chi connectivity index (χ0) is 13.2. The lowest BCUT2D eigenvalue weighted by Gasteiger charge is -2.05. The molecular weight excluding hydrogens is 227 g/mol. The molecule has 0 aromatic heterocycles. The van der Waals surface area contributed by atoms with E-state index in [1.165, 1.54) is 0 Å². The molecule has 0 heterocycles. The number of phenolic OH excluding ortho intramolecular Hbond substituents is 2. The Labute approximate surface area is 97.7 Å². The molecule has 1 rings (SSSR count). The van der Waals surface area contributed by atoms with E-state index >= 15 is 0 Å². The van der Waals surface area contributed by atoms with Gasteiger partial charge in [-0.2, -0.15) is 0 Å². The van der Waals surface area contributed by atoms with Crippen LogP contribution in [0.4, 0.5) is 4.39 Å². The summed E-state index contributed by atoms with van der Waals surface area (Å²) in [5, 5.41) is 18.1. The van der Waals surface area contributed by atoms with Gasteiger partial charge in [0, 0.05) is 12.0 Å². The molecule has 0 spiro atoms. The molecule has 0 unspecified atom stereocenters. The van der Waals surface area contributed by atoms with Crippen molar-refractivity contribution in [3.05, 3.63) is 23.5 Å². The fourth-order valence-electron chi connectivity index (χ4n) is 1.34. The van der Waals surface area contributed by atoms with E-state index in [9.17, 15) is 14.0 Å². The van der Waals surface area contributed by atoms with Gasteiger partial charge in [0.05, 0.1) is 0 Å². The molecular formula is C12H13FO4. The Kier molecular flexibility index (Phi) is 3.83. The van der Waals surface area contributed by atoms with Gasteiger partial charge >= 0.3 is 0 Å². The third-order valence-corrected chi connectivity index (χ3v) is 2.15. The standard InChI is InChI=1S/C12H13FO4/c1-6(2)3-9(14)11(16)7-4-8(13)12(17)10(15)5-7/h4-6,15,17H,3H2,1-2H3. The Morgan fingerprint density at radius 3 is 2.35 bits per heavy atom. The second-order valence-electron chi connectivity index (χ2n) is 4.18. The van der Waals surface area contributed by atoms with Crippen molar-refractivity contribution in [1.82, 2.24) is 0 Å². The number of Topliss-reactive ketones (excluding diaryl/α,β-unsaturated/α-hetero) is 2. The van der Waals surface area contributed by atoms with Crippen LogP contribution in [0.1, 0.15) is 30.6 Å². The predicted molar refractivity (Wildman–Crippen MR) is 58.5 cm³/mol. The summed E-state index contributed by atoms with van der Waals surface area (Å²) in [5.74, 6) is -4.33. The highest BCUT2D eigenvalue weighted by Crippen LogP contribution is 2.29. The monoisotopic (exact) mass is 240 g/mol. The number of hydrogen-bond donors (Lipinski definition) is 2. The van der Waals surface area contributed by atoms with Gasteiger partial charge in [-0.3, -0.25) is 9.59 Å². The van der Waals surface area contributed by atoms with Crippen molar-refractivity contribution in [2.75, 3.05) is 0 Å². The fourth-order valence-corrected chi connectivity index (χ4v) is 1.34. The van der Waals surface area contributed by atoms with Crippen LogP contribution in [0.15, 0.2) is 12.1 Å². The van der Waals surface area contributed by atoms with E-state index in [-0.39, 0.29) is 17.9 Å². The SMILES string of the molecule is CC(C)CC(=O)C(=O)c1cc(O)c(O)c(F)c1. The largest absolute Gasteiger partial charge is 0.504 e. The van der Waals surface area contributed by atoms with Gasteiger partial charge in [-0.15, -0.1) is 0 Å². The first-order valence-electron chi connectivity index (χ1n) is 5.12. The lowest BCUT2D eigenvalue weighted by Crippen LogP contribution is -2.16. The van der Waals surface area contributed by atoms with Gasteiger partial charge in [0.15, 0.2) is 17.3 Å². The third kappa shape index (κ3) is 3.03. The molecule has 0 fully saturated rings. The average Bonchev–Trinajstić information content (AvgIpc) is 2.23. The quantitative estimate of drug-likeness (QED) is 0.479.